The van der Waals surface area contributed by atoms with Gasteiger partial charge in [0, 0.05) is 24.6 Å². The molecule has 1 N–H and O–H groups in total. The number of benzene rings is 1. The number of carbonyl (C=O) groups excluding carboxylic acids is 3. The first-order valence-electron chi connectivity index (χ1n) is 9.84. The van der Waals surface area contributed by atoms with Crippen LogP contribution in [0.1, 0.15) is 65.4 Å². The lowest BCUT2D eigenvalue weighted by Crippen LogP contribution is -2.59. The molecule has 5 heteroatoms. The van der Waals surface area contributed by atoms with Crippen molar-refractivity contribution in [2.45, 2.75) is 59.8 Å². The lowest BCUT2D eigenvalue weighted by atomic mass is 9.62. The van der Waals surface area contributed by atoms with Crippen molar-refractivity contribution in [1.82, 2.24) is 4.90 Å². The molecule has 2 fully saturated rings. The van der Waals surface area contributed by atoms with Gasteiger partial charge in [0.25, 0.3) is 0 Å². The van der Waals surface area contributed by atoms with Crippen LogP contribution in [0.25, 0.3) is 0 Å². The molecule has 27 heavy (non-hydrogen) atoms. The van der Waals surface area contributed by atoms with Crippen LogP contribution >= 0.6 is 0 Å². The molecular weight excluding hydrogens is 340 g/mol. The predicted molar refractivity (Wildman–Crippen MR) is 105 cm³/mol. The molecule has 0 aromatic heterocycles. The van der Waals surface area contributed by atoms with E-state index in [1.807, 2.05) is 45.0 Å². The van der Waals surface area contributed by atoms with E-state index < -0.39 is 5.41 Å². The van der Waals surface area contributed by atoms with Gasteiger partial charge in [0.15, 0.2) is 0 Å². The largest absolute Gasteiger partial charge is 0.326 e. The normalized spacial score (nSPS) is 26.6. The summed E-state index contributed by atoms with van der Waals surface area (Å²) in [5, 5.41) is 2.94. The number of fused-ring (bicyclic) bond motifs is 2. The van der Waals surface area contributed by atoms with Gasteiger partial charge in [0.1, 0.15) is 0 Å². The molecule has 1 aliphatic heterocycles. The Morgan fingerprint density at radius 1 is 1.22 bits per heavy atom. The van der Waals surface area contributed by atoms with Gasteiger partial charge in [-0.15, -0.1) is 0 Å². The van der Waals surface area contributed by atoms with E-state index in [9.17, 15) is 14.4 Å². The van der Waals surface area contributed by atoms with Crippen LogP contribution in [0, 0.1) is 16.7 Å². The van der Waals surface area contributed by atoms with Crippen LogP contribution in [0.2, 0.25) is 0 Å². The Kier molecular flexibility index (Phi) is 4.91. The predicted octanol–water partition coefficient (Wildman–Crippen LogP) is 3.95. The van der Waals surface area contributed by atoms with E-state index in [0.29, 0.717) is 5.92 Å². The maximum absolute atomic E-state index is 13.0. The van der Waals surface area contributed by atoms with Crippen LogP contribution in [0.3, 0.4) is 0 Å². The van der Waals surface area contributed by atoms with E-state index in [0.717, 1.165) is 24.1 Å². The molecule has 2 atom stereocenters. The van der Waals surface area contributed by atoms with Crippen molar-refractivity contribution in [2.75, 3.05) is 11.9 Å². The third-order valence-corrected chi connectivity index (χ3v) is 6.93. The number of hydrogen-bond donors (Lipinski definition) is 1. The highest BCUT2D eigenvalue weighted by Crippen LogP contribution is 2.60. The number of imide groups is 1. The maximum atomic E-state index is 13.0. The average Bonchev–Trinajstić information content (AvgIpc) is 2.79. The minimum atomic E-state index is -0.522. The summed E-state index contributed by atoms with van der Waals surface area (Å²) in [6, 6.07) is 7.72. The number of carbonyl (C=O) groups is 3. The lowest BCUT2D eigenvalue weighted by molar-refractivity contribution is -0.167. The van der Waals surface area contributed by atoms with Gasteiger partial charge in [-0.25, -0.2) is 0 Å². The first-order chi connectivity index (χ1) is 12.6. The van der Waals surface area contributed by atoms with Crippen molar-refractivity contribution in [1.29, 1.82) is 0 Å². The zero-order chi connectivity index (χ0) is 20.0. The number of amides is 3. The number of anilines is 1. The lowest BCUT2D eigenvalue weighted by Gasteiger charge is -2.47. The van der Waals surface area contributed by atoms with Gasteiger partial charge in [-0.3, -0.25) is 19.3 Å². The van der Waals surface area contributed by atoms with Crippen LogP contribution in [-0.2, 0) is 14.4 Å². The molecule has 1 heterocycles. The molecule has 3 rings (SSSR count). The number of para-hydroxylation sites is 1. The number of piperidine rings is 1. The summed E-state index contributed by atoms with van der Waals surface area (Å²) in [6.07, 6.45) is 1.60. The zero-order valence-electron chi connectivity index (χ0n) is 17.0. The molecule has 1 saturated carbocycles. The first-order valence-corrected chi connectivity index (χ1v) is 9.84. The summed E-state index contributed by atoms with van der Waals surface area (Å²) < 4.78 is 0. The SMILES string of the molecule is CC(C)c1ccccc1NC(=O)CCN1C(=O)C2CCC(C)(C1=O)C2(C)C. The van der Waals surface area contributed by atoms with E-state index in [1.165, 1.54) is 4.90 Å². The number of likely N-dealkylation sites (tertiary alicyclic amines) is 1. The maximum Gasteiger partial charge on any atom is 0.235 e. The highest BCUT2D eigenvalue weighted by atomic mass is 16.2. The monoisotopic (exact) mass is 370 g/mol. The van der Waals surface area contributed by atoms with Gasteiger partial charge >= 0.3 is 0 Å². The Hall–Kier alpha value is -2.17. The average molecular weight is 370 g/mol. The minimum absolute atomic E-state index is 0.115. The summed E-state index contributed by atoms with van der Waals surface area (Å²) in [6.45, 7) is 10.3. The Labute approximate surface area is 161 Å². The topological polar surface area (TPSA) is 66.5 Å². The molecule has 3 amide bonds. The van der Waals surface area contributed by atoms with Crippen molar-refractivity contribution >= 4 is 23.4 Å². The Bertz CT molecular complexity index is 784. The standard InChI is InChI=1S/C22H30N2O3/c1-14(2)15-8-6-7-9-17(15)23-18(25)11-13-24-19(26)16-10-12-22(5,20(24)27)21(16,3)4/h6-9,14,16H,10-13H2,1-5H3,(H,23,25). The number of rotatable bonds is 5. The molecule has 0 spiro atoms. The number of hydrogen-bond acceptors (Lipinski definition) is 3. The molecule has 2 aliphatic rings. The number of nitrogens with one attached hydrogen (secondary N) is 1. The van der Waals surface area contributed by atoms with Crippen molar-refractivity contribution < 1.29 is 14.4 Å². The Balaban J connectivity index is 1.68. The second-order valence-corrected chi connectivity index (χ2v) is 8.98. The highest BCUT2D eigenvalue weighted by Gasteiger charge is 2.64. The van der Waals surface area contributed by atoms with Crippen molar-refractivity contribution in [3.63, 3.8) is 0 Å². The van der Waals surface area contributed by atoms with Gasteiger partial charge in [0.05, 0.1) is 5.41 Å². The second-order valence-electron chi connectivity index (χ2n) is 8.98. The third kappa shape index (κ3) is 3.07. The molecule has 2 unspecified atom stereocenters. The van der Waals surface area contributed by atoms with Gasteiger partial charge in [-0.2, -0.15) is 0 Å². The molecular formula is C22H30N2O3. The van der Waals surface area contributed by atoms with Gasteiger partial charge in [-0.1, -0.05) is 52.8 Å². The minimum Gasteiger partial charge on any atom is -0.326 e. The van der Waals surface area contributed by atoms with Gasteiger partial charge in [-0.05, 0) is 35.8 Å². The molecule has 146 valence electrons. The van der Waals surface area contributed by atoms with Crippen molar-refractivity contribution in [3.8, 4) is 0 Å². The van der Waals surface area contributed by atoms with Crippen LogP contribution in [0.5, 0.6) is 0 Å². The third-order valence-electron chi connectivity index (χ3n) is 6.93. The molecule has 1 saturated heterocycles. The van der Waals surface area contributed by atoms with Crippen LogP contribution in [0.15, 0.2) is 24.3 Å². The molecule has 5 nitrogen and oxygen atoms in total. The Morgan fingerprint density at radius 2 is 1.89 bits per heavy atom. The Morgan fingerprint density at radius 3 is 2.56 bits per heavy atom. The van der Waals surface area contributed by atoms with Crippen molar-refractivity contribution in [3.05, 3.63) is 29.8 Å². The second kappa shape index (κ2) is 6.77. The fourth-order valence-corrected chi connectivity index (χ4v) is 4.65. The molecule has 1 aromatic carbocycles. The van der Waals surface area contributed by atoms with Crippen LogP contribution in [0.4, 0.5) is 5.69 Å². The summed E-state index contributed by atoms with van der Waals surface area (Å²) in [4.78, 5) is 39.7. The number of nitrogens with zero attached hydrogens (tertiary/aromatic N) is 1. The first kappa shape index (κ1) is 19.6. The van der Waals surface area contributed by atoms with E-state index >= 15 is 0 Å². The van der Waals surface area contributed by atoms with Gasteiger partial charge in [0.2, 0.25) is 17.7 Å². The molecule has 2 bridgehead atoms. The molecule has 1 aromatic rings. The summed E-state index contributed by atoms with van der Waals surface area (Å²) in [7, 11) is 0. The van der Waals surface area contributed by atoms with E-state index in [2.05, 4.69) is 19.2 Å². The highest BCUT2D eigenvalue weighted by molar-refractivity contribution is 6.04. The van der Waals surface area contributed by atoms with Crippen molar-refractivity contribution in [2.24, 2.45) is 16.7 Å². The summed E-state index contributed by atoms with van der Waals surface area (Å²) >= 11 is 0. The van der Waals surface area contributed by atoms with Gasteiger partial charge < -0.3 is 5.32 Å². The summed E-state index contributed by atoms with van der Waals surface area (Å²) in [5.41, 5.74) is 1.02. The molecule has 1 aliphatic carbocycles. The van der Waals surface area contributed by atoms with Crippen LogP contribution < -0.4 is 5.32 Å². The molecule has 0 radical (unpaired) electrons. The zero-order valence-corrected chi connectivity index (χ0v) is 17.0. The summed E-state index contributed by atoms with van der Waals surface area (Å²) in [5.74, 6) is -0.252. The van der Waals surface area contributed by atoms with E-state index in [4.69, 9.17) is 0 Å². The van der Waals surface area contributed by atoms with Crippen LogP contribution in [-0.4, -0.2) is 29.2 Å². The fraction of sp³-hybridized carbons (Fsp3) is 0.591. The fourth-order valence-electron chi connectivity index (χ4n) is 4.65. The van der Waals surface area contributed by atoms with E-state index in [1.54, 1.807) is 0 Å². The smallest absolute Gasteiger partial charge is 0.235 e. The van der Waals surface area contributed by atoms with E-state index in [-0.39, 0.29) is 42.0 Å². The quantitative estimate of drug-likeness (QED) is 0.798.